The predicted molar refractivity (Wildman–Crippen MR) is 63.5 cm³/mol. The maximum atomic E-state index is 13.9. The van der Waals surface area contributed by atoms with Crippen molar-refractivity contribution in [1.82, 2.24) is 4.98 Å². The second-order valence-electron chi connectivity index (χ2n) is 4.11. The summed E-state index contributed by atoms with van der Waals surface area (Å²) < 4.78 is 45.3. The molecule has 2 rings (SSSR count). The standard InChI is InChI=1S/C13H12F3NO2/c1-3-19-12(18)13(15,16)11-7(2)9-6-8(14)4-5-10(9)17-11/h4-6,17H,3H2,1-2H3. The van der Waals surface area contributed by atoms with Gasteiger partial charge >= 0.3 is 11.9 Å². The van der Waals surface area contributed by atoms with Gasteiger partial charge in [0, 0.05) is 10.9 Å². The minimum Gasteiger partial charge on any atom is -0.461 e. The van der Waals surface area contributed by atoms with Crippen molar-refractivity contribution in [3.8, 4) is 0 Å². The van der Waals surface area contributed by atoms with E-state index >= 15 is 0 Å². The average molecular weight is 271 g/mol. The largest absolute Gasteiger partial charge is 0.461 e. The van der Waals surface area contributed by atoms with Gasteiger partial charge in [-0.25, -0.2) is 9.18 Å². The van der Waals surface area contributed by atoms with Gasteiger partial charge in [0.2, 0.25) is 0 Å². The van der Waals surface area contributed by atoms with E-state index in [1.54, 1.807) is 0 Å². The highest BCUT2D eigenvalue weighted by Crippen LogP contribution is 2.35. The molecule has 1 N–H and O–H groups in total. The summed E-state index contributed by atoms with van der Waals surface area (Å²) in [7, 11) is 0. The van der Waals surface area contributed by atoms with E-state index in [0.29, 0.717) is 10.9 Å². The molecule has 19 heavy (non-hydrogen) atoms. The van der Waals surface area contributed by atoms with Gasteiger partial charge in [0.1, 0.15) is 11.5 Å². The summed E-state index contributed by atoms with van der Waals surface area (Å²) in [5, 5.41) is 0.318. The van der Waals surface area contributed by atoms with Crippen LogP contribution < -0.4 is 0 Å². The molecule has 6 heteroatoms. The smallest absolute Gasteiger partial charge is 0.383 e. The van der Waals surface area contributed by atoms with Crippen molar-refractivity contribution in [3.05, 3.63) is 35.3 Å². The van der Waals surface area contributed by atoms with Crippen molar-refractivity contribution in [2.75, 3.05) is 6.61 Å². The van der Waals surface area contributed by atoms with E-state index in [1.807, 2.05) is 0 Å². The highest BCUT2D eigenvalue weighted by atomic mass is 19.3. The number of halogens is 3. The molecular weight excluding hydrogens is 259 g/mol. The molecule has 0 spiro atoms. The number of benzene rings is 1. The predicted octanol–water partition coefficient (Wildman–Crippen LogP) is 3.27. The van der Waals surface area contributed by atoms with Gasteiger partial charge in [0.15, 0.2) is 0 Å². The SMILES string of the molecule is CCOC(=O)C(F)(F)c1[nH]c2ccc(F)cc2c1C. The number of hydrogen-bond donors (Lipinski definition) is 1. The van der Waals surface area contributed by atoms with Crippen molar-refractivity contribution in [2.24, 2.45) is 0 Å². The van der Waals surface area contributed by atoms with Crippen LogP contribution >= 0.6 is 0 Å². The molecule has 2 aromatic rings. The van der Waals surface area contributed by atoms with Crippen LogP contribution in [0.4, 0.5) is 13.2 Å². The number of carbonyl (C=O) groups is 1. The summed E-state index contributed by atoms with van der Waals surface area (Å²) in [5.74, 6) is -5.93. The van der Waals surface area contributed by atoms with Crippen LogP contribution in [0.2, 0.25) is 0 Å². The molecule has 1 aromatic carbocycles. The fraction of sp³-hybridized carbons (Fsp3) is 0.308. The Labute approximate surface area is 107 Å². The van der Waals surface area contributed by atoms with Crippen molar-refractivity contribution < 1.29 is 22.7 Å². The first-order valence-corrected chi connectivity index (χ1v) is 5.71. The Bertz CT molecular complexity index is 634. The molecule has 0 atom stereocenters. The van der Waals surface area contributed by atoms with E-state index in [1.165, 1.54) is 19.9 Å². The van der Waals surface area contributed by atoms with E-state index in [0.717, 1.165) is 12.1 Å². The van der Waals surface area contributed by atoms with Crippen LogP contribution in [0, 0.1) is 12.7 Å². The monoisotopic (exact) mass is 271 g/mol. The second kappa shape index (κ2) is 4.60. The first-order valence-electron chi connectivity index (χ1n) is 5.71. The number of aromatic amines is 1. The maximum Gasteiger partial charge on any atom is 0.383 e. The first kappa shape index (κ1) is 13.5. The Kier molecular flexibility index (Phi) is 3.26. The number of hydrogen-bond acceptors (Lipinski definition) is 2. The fourth-order valence-corrected chi connectivity index (χ4v) is 1.94. The van der Waals surface area contributed by atoms with Gasteiger partial charge in [0.25, 0.3) is 0 Å². The van der Waals surface area contributed by atoms with E-state index in [4.69, 9.17) is 0 Å². The van der Waals surface area contributed by atoms with Crippen LogP contribution in [0.5, 0.6) is 0 Å². The molecule has 1 heterocycles. The Morgan fingerprint density at radius 2 is 2.11 bits per heavy atom. The van der Waals surface area contributed by atoms with E-state index < -0.39 is 23.4 Å². The number of aryl methyl sites for hydroxylation is 1. The number of aromatic nitrogens is 1. The van der Waals surface area contributed by atoms with Gasteiger partial charge < -0.3 is 9.72 Å². The summed E-state index contributed by atoms with van der Waals surface area (Å²) in [6.07, 6.45) is 0. The molecule has 0 saturated carbocycles. The normalized spacial score (nSPS) is 11.8. The zero-order valence-corrected chi connectivity index (χ0v) is 10.4. The summed E-state index contributed by atoms with van der Waals surface area (Å²) >= 11 is 0. The average Bonchev–Trinajstić information content (AvgIpc) is 2.68. The molecule has 0 aliphatic carbocycles. The lowest BCUT2D eigenvalue weighted by Gasteiger charge is -2.14. The van der Waals surface area contributed by atoms with Crippen LogP contribution in [0.25, 0.3) is 10.9 Å². The van der Waals surface area contributed by atoms with E-state index in [2.05, 4.69) is 9.72 Å². The summed E-state index contributed by atoms with van der Waals surface area (Å²) in [4.78, 5) is 13.7. The highest BCUT2D eigenvalue weighted by Gasteiger charge is 2.45. The minimum atomic E-state index is -3.78. The van der Waals surface area contributed by atoms with Crippen molar-refractivity contribution in [1.29, 1.82) is 0 Å². The summed E-state index contributed by atoms with van der Waals surface area (Å²) in [6, 6.07) is 3.65. The molecular formula is C13H12F3NO2. The molecule has 0 bridgehead atoms. The second-order valence-corrected chi connectivity index (χ2v) is 4.11. The third-order valence-electron chi connectivity index (χ3n) is 2.87. The molecule has 3 nitrogen and oxygen atoms in total. The van der Waals surface area contributed by atoms with Gasteiger partial charge in [-0.1, -0.05) is 0 Å². The molecule has 0 aliphatic rings. The van der Waals surface area contributed by atoms with E-state index in [-0.39, 0.29) is 12.2 Å². The third kappa shape index (κ3) is 2.18. The Morgan fingerprint density at radius 3 is 2.74 bits per heavy atom. The first-order chi connectivity index (χ1) is 8.87. The van der Waals surface area contributed by atoms with Gasteiger partial charge in [-0.05, 0) is 37.6 Å². The number of carbonyl (C=O) groups excluding carboxylic acids is 1. The molecule has 0 unspecified atom stereocenters. The topological polar surface area (TPSA) is 42.1 Å². The number of alkyl halides is 2. The van der Waals surface area contributed by atoms with Crippen LogP contribution in [-0.4, -0.2) is 17.6 Å². The van der Waals surface area contributed by atoms with Crippen molar-refractivity contribution in [3.63, 3.8) is 0 Å². The lowest BCUT2D eigenvalue weighted by atomic mass is 10.1. The highest BCUT2D eigenvalue weighted by molar-refractivity contribution is 5.88. The van der Waals surface area contributed by atoms with Gasteiger partial charge in [0.05, 0.1) is 6.61 Å². The lowest BCUT2D eigenvalue weighted by Crippen LogP contribution is -2.29. The number of esters is 1. The van der Waals surface area contributed by atoms with Gasteiger partial charge in [-0.3, -0.25) is 0 Å². The van der Waals surface area contributed by atoms with Crippen LogP contribution in [0.15, 0.2) is 18.2 Å². The molecule has 0 radical (unpaired) electrons. The number of ether oxygens (including phenoxy) is 1. The summed E-state index contributed by atoms with van der Waals surface area (Å²) in [5.41, 5.74) is -0.0861. The fourth-order valence-electron chi connectivity index (χ4n) is 1.94. The Hall–Kier alpha value is -1.98. The van der Waals surface area contributed by atoms with Crippen LogP contribution in [0.3, 0.4) is 0 Å². The molecule has 0 saturated heterocycles. The third-order valence-corrected chi connectivity index (χ3v) is 2.87. The lowest BCUT2D eigenvalue weighted by molar-refractivity contribution is -0.173. The molecule has 0 aliphatic heterocycles. The quantitative estimate of drug-likeness (QED) is 0.870. The molecule has 1 aromatic heterocycles. The molecule has 102 valence electrons. The van der Waals surface area contributed by atoms with Gasteiger partial charge in [-0.2, -0.15) is 8.78 Å². The van der Waals surface area contributed by atoms with Crippen LogP contribution in [0.1, 0.15) is 18.2 Å². The van der Waals surface area contributed by atoms with E-state index in [9.17, 15) is 18.0 Å². The zero-order chi connectivity index (χ0) is 14.2. The maximum absolute atomic E-state index is 13.9. The minimum absolute atomic E-state index is 0.132. The Morgan fingerprint density at radius 1 is 1.42 bits per heavy atom. The number of H-pyrrole nitrogens is 1. The van der Waals surface area contributed by atoms with Crippen molar-refractivity contribution in [2.45, 2.75) is 19.8 Å². The summed E-state index contributed by atoms with van der Waals surface area (Å²) in [6.45, 7) is 2.71. The van der Waals surface area contributed by atoms with Crippen molar-refractivity contribution >= 4 is 16.9 Å². The number of rotatable bonds is 3. The van der Waals surface area contributed by atoms with Gasteiger partial charge in [-0.15, -0.1) is 0 Å². The zero-order valence-electron chi connectivity index (χ0n) is 10.4. The molecule has 0 fully saturated rings. The Balaban J connectivity index is 2.56. The number of fused-ring (bicyclic) bond motifs is 1. The molecule has 0 amide bonds. The van der Waals surface area contributed by atoms with Crippen LogP contribution in [-0.2, 0) is 15.5 Å². The number of nitrogens with one attached hydrogen (secondary N) is 1.